The van der Waals surface area contributed by atoms with Crippen LogP contribution in [0.2, 0.25) is 0 Å². The van der Waals surface area contributed by atoms with Gasteiger partial charge in [0.15, 0.2) is 12.2 Å². The molecule has 0 radical (unpaired) electrons. The van der Waals surface area contributed by atoms with E-state index >= 15 is 0 Å². The number of esters is 4. The zero-order valence-corrected chi connectivity index (χ0v) is 59.5. The highest BCUT2D eigenvalue weighted by Gasteiger charge is 2.30. The Morgan fingerprint density at radius 3 is 0.764 bits per heavy atom. The molecule has 0 spiro atoms. The molecule has 89 heavy (non-hydrogen) atoms. The van der Waals surface area contributed by atoms with Crippen LogP contribution in [0.25, 0.3) is 0 Å². The average Bonchev–Trinajstić information content (AvgIpc) is 3.71. The van der Waals surface area contributed by atoms with Crippen molar-refractivity contribution in [3.05, 3.63) is 0 Å². The van der Waals surface area contributed by atoms with Gasteiger partial charge < -0.3 is 33.8 Å². The number of rotatable bonds is 69. The molecule has 0 aromatic rings. The van der Waals surface area contributed by atoms with E-state index in [1.54, 1.807) is 0 Å². The van der Waals surface area contributed by atoms with Crippen LogP contribution in [-0.2, 0) is 65.4 Å². The van der Waals surface area contributed by atoms with E-state index in [2.05, 4.69) is 41.5 Å². The molecule has 0 heterocycles. The maximum absolute atomic E-state index is 13.0. The van der Waals surface area contributed by atoms with E-state index in [0.717, 1.165) is 102 Å². The van der Waals surface area contributed by atoms with E-state index in [9.17, 15) is 43.2 Å². The summed E-state index contributed by atoms with van der Waals surface area (Å²) < 4.78 is 68.2. The van der Waals surface area contributed by atoms with Gasteiger partial charge in [0, 0.05) is 25.7 Å². The largest absolute Gasteiger partial charge is 0.472 e. The minimum atomic E-state index is -4.95. The maximum Gasteiger partial charge on any atom is 0.472 e. The SMILES string of the molecule is CCCCCCCCCCCCCCCCCCCCC(=O)O[C@H](COC(=O)CCCCCCCCCCC(C)C)COP(=O)(O)OC[C@@H](O)COP(=O)(O)OC[C@@H](COC(=O)CCCCCCCCCCC)OC(=O)CCCCCCCCCCC(C)C. The van der Waals surface area contributed by atoms with Crippen LogP contribution in [0.15, 0.2) is 0 Å². The first-order valence-electron chi connectivity index (χ1n) is 36.5. The summed E-state index contributed by atoms with van der Waals surface area (Å²) in [5.74, 6) is -0.683. The van der Waals surface area contributed by atoms with Crippen molar-refractivity contribution in [3.8, 4) is 0 Å². The molecule has 0 bridgehead atoms. The zero-order valence-electron chi connectivity index (χ0n) is 57.7. The van der Waals surface area contributed by atoms with E-state index in [0.29, 0.717) is 25.7 Å². The number of carbonyl (C=O) groups excluding carboxylic acids is 4. The van der Waals surface area contributed by atoms with E-state index in [-0.39, 0.29) is 25.7 Å². The van der Waals surface area contributed by atoms with Gasteiger partial charge in [0.2, 0.25) is 0 Å². The number of unbranched alkanes of at least 4 members (excludes halogenated alkanes) is 39. The summed E-state index contributed by atoms with van der Waals surface area (Å²) >= 11 is 0. The van der Waals surface area contributed by atoms with Gasteiger partial charge in [-0.25, -0.2) is 9.13 Å². The Bertz CT molecular complexity index is 1730. The van der Waals surface area contributed by atoms with E-state index in [1.807, 2.05) is 0 Å². The Labute approximate surface area is 543 Å². The molecule has 0 aliphatic carbocycles. The molecular weight excluding hydrogens is 1170 g/mol. The van der Waals surface area contributed by atoms with Gasteiger partial charge in [0.05, 0.1) is 26.4 Å². The normalized spacial score (nSPS) is 14.1. The Morgan fingerprint density at radius 1 is 0.303 bits per heavy atom. The molecule has 19 heteroatoms. The molecule has 2 unspecified atom stereocenters. The van der Waals surface area contributed by atoms with Crippen LogP contribution in [0.4, 0.5) is 0 Å². The highest BCUT2D eigenvalue weighted by Crippen LogP contribution is 2.45. The van der Waals surface area contributed by atoms with Crippen LogP contribution in [0.3, 0.4) is 0 Å². The van der Waals surface area contributed by atoms with Crippen molar-refractivity contribution in [1.82, 2.24) is 0 Å². The topological polar surface area (TPSA) is 237 Å². The molecule has 17 nitrogen and oxygen atoms in total. The first-order chi connectivity index (χ1) is 42.9. The van der Waals surface area contributed by atoms with E-state index in [4.69, 9.17) is 37.0 Å². The summed E-state index contributed by atoms with van der Waals surface area (Å²) in [6.07, 6.45) is 47.3. The second kappa shape index (κ2) is 62.2. The first kappa shape index (κ1) is 87.1. The molecule has 0 aliphatic rings. The van der Waals surface area contributed by atoms with Crippen LogP contribution >= 0.6 is 15.6 Å². The van der Waals surface area contributed by atoms with Crippen LogP contribution in [0.1, 0.15) is 356 Å². The molecule has 0 aromatic heterocycles. The molecule has 3 N–H and O–H groups in total. The molecule has 0 aliphatic heterocycles. The van der Waals surface area contributed by atoms with E-state index in [1.165, 1.54) is 173 Å². The van der Waals surface area contributed by atoms with Crippen molar-refractivity contribution in [2.24, 2.45) is 11.8 Å². The second-order valence-corrected chi connectivity index (χ2v) is 29.1. The van der Waals surface area contributed by atoms with Crippen molar-refractivity contribution in [2.45, 2.75) is 374 Å². The summed E-state index contributed by atoms with van der Waals surface area (Å²) in [7, 11) is -9.90. The maximum atomic E-state index is 13.0. The molecule has 0 amide bonds. The number of carbonyl (C=O) groups is 4. The second-order valence-electron chi connectivity index (χ2n) is 26.2. The average molecular weight is 1310 g/mol. The van der Waals surface area contributed by atoms with Crippen molar-refractivity contribution in [2.75, 3.05) is 39.6 Å². The quantitative estimate of drug-likeness (QED) is 0.0222. The number of aliphatic hydroxyl groups excluding tert-OH is 1. The van der Waals surface area contributed by atoms with Crippen LogP contribution in [0.5, 0.6) is 0 Å². The lowest BCUT2D eigenvalue weighted by Crippen LogP contribution is -2.30. The van der Waals surface area contributed by atoms with Gasteiger partial charge in [-0.05, 0) is 37.5 Å². The summed E-state index contributed by atoms with van der Waals surface area (Å²) in [5, 5.41) is 10.6. The molecule has 528 valence electrons. The van der Waals surface area contributed by atoms with Gasteiger partial charge in [0.25, 0.3) is 0 Å². The van der Waals surface area contributed by atoms with Crippen LogP contribution in [0, 0.1) is 11.8 Å². The van der Waals surface area contributed by atoms with E-state index < -0.39 is 97.5 Å². The minimum absolute atomic E-state index is 0.104. The Balaban J connectivity index is 5.20. The number of hydrogen-bond acceptors (Lipinski definition) is 15. The smallest absolute Gasteiger partial charge is 0.462 e. The standard InChI is InChI=1S/C70H136O17P2/c1-7-9-11-13-15-17-18-19-20-21-22-23-24-25-27-36-42-48-54-69(74)86-65(59-81-68(73)53-47-41-35-30-28-32-38-44-50-62(3)4)60-84-88(76,77)82-56-64(71)57-83-89(78,79)85-61-66(58-80-67(72)52-46-40-34-26-16-14-12-10-8-2)87-70(75)55-49-43-37-31-29-33-39-45-51-63(5)6/h62-66,71H,7-61H2,1-6H3,(H,76,77)(H,78,79)/t64-,65-,66-/m1/s1. The van der Waals surface area contributed by atoms with Gasteiger partial charge in [-0.3, -0.25) is 37.3 Å². The molecule has 0 rings (SSSR count). The predicted molar refractivity (Wildman–Crippen MR) is 358 cm³/mol. The monoisotopic (exact) mass is 1310 g/mol. The molecular formula is C70H136O17P2. The zero-order chi connectivity index (χ0) is 65.7. The van der Waals surface area contributed by atoms with Crippen molar-refractivity contribution in [1.29, 1.82) is 0 Å². The molecule has 0 fully saturated rings. The van der Waals surface area contributed by atoms with Crippen LogP contribution < -0.4 is 0 Å². The van der Waals surface area contributed by atoms with Gasteiger partial charge >= 0.3 is 39.5 Å². The van der Waals surface area contributed by atoms with Crippen molar-refractivity contribution < 1.29 is 80.2 Å². The molecule has 5 atom stereocenters. The number of phosphoric ester groups is 2. The highest BCUT2D eigenvalue weighted by molar-refractivity contribution is 7.47. The highest BCUT2D eigenvalue weighted by atomic mass is 31.2. The lowest BCUT2D eigenvalue weighted by atomic mass is 10.0. The van der Waals surface area contributed by atoms with Gasteiger partial charge in [0.1, 0.15) is 19.3 Å². The Kier molecular flexibility index (Phi) is 60.8. The molecule has 0 saturated carbocycles. The number of phosphoric acid groups is 2. The van der Waals surface area contributed by atoms with Gasteiger partial charge in [-0.2, -0.15) is 0 Å². The third-order valence-corrected chi connectivity index (χ3v) is 18.1. The number of hydrogen-bond donors (Lipinski definition) is 3. The van der Waals surface area contributed by atoms with Gasteiger partial charge in [-0.1, -0.05) is 305 Å². The first-order valence-corrected chi connectivity index (χ1v) is 39.5. The fraction of sp³-hybridized carbons (Fsp3) is 0.943. The van der Waals surface area contributed by atoms with Gasteiger partial charge in [-0.15, -0.1) is 0 Å². The fourth-order valence-electron chi connectivity index (χ4n) is 10.6. The van der Waals surface area contributed by atoms with Crippen molar-refractivity contribution >= 4 is 39.5 Å². The predicted octanol–water partition coefficient (Wildman–Crippen LogP) is 20.0. The third kappa shape index (κ3) is 64.6. The van der Waals surface area contributed by atoms with Crippen molar-refractivity contribution in [3.63, 3.8) is 0 Å². The molecule has 0 saturated heterocycles. The summed E-state index contributed by atoms with van der Waals surface area (Å²) in [5.41, 5.74) is 0. The van der Waals surface area contributed by atoms with Crippen LogP contribution in [-0.4, -0.2) is 96.7 Å². The Hall–Kier alpha value is -1.94. The summed E-state index contributed by atoms with van der Waals surface area (Å²) in [6.45, 7) is 9.46. The summed E-state index contributed by atoms with van der Waals surface area (Å²) in [6, 6.07) is 0. The Morgan fingerprint density at radius 2 is 0.517 bits per heavy atom. The lowest BCUT2D eigenvalue weighted by molar-refractivity contribution is -0.161. The lowest BCUT2D eigenvalue weighted by Gasteiger charge is -2.21. The summed E-state index contributed by atoms with van der Waals surface area (Å²) in [4.78, 5) is 72.4. The fourth-order valence-corrected chi connectivity index (χ4v) is 12.2. The number of ether oxygens (including phenoxy) is 4. The number of aliphatic hydroxyl groups is 1. The minimum Gasteiger partial charge on any atom is -0.462 e. The third-order valence-electron chi connectivity index (χ3n) is 16.2. The molecule has 0 aromatic carbocycles.